The van der Waals surface area contributed by atoms with Crippen LogP contribution in [0.5, 0.6) is 0 Å². The van der Waals surface area contributed by atoms with Crippen molar-refractivity contribution in [2.24, 2.45) is 0 Å². The molecule has 0 saturated carbocycles. The molecule has 0 N–H and O–H groups in total. The zero-order valence-corrected chi connectivity index (χ0v) is 15.8. The van der Waals surface area contributed by atoms with Gasteiger partial charge in [0, 0.05) is 33.8 Å². The maximum absolute atomic E-state index is 15.1. The van der Waals surface area contributed by atoms with E-state index in [2.05, 4.69) is 31.9 Å². The molecule has 0 saturated heterocycles. The van der Waals surface area contributed by atoms with Crippen LogP contribution in [0.1, 0.15) is 11.3 Å². The molecular weight excluding hydrogens is 482 g/mol. The minimum atomic E-state index is -4.23. The molecule has 3 heterocycles. The normalized spacial score (nSPS) is 17.6. The number of nitrogens with zero attached hydrogens (tertiary/aromatic N) is 3. The summed E-state index contributed by atoms with van der Waals surface area (Å²) < 4.78 is 45.6. The van der Waals surface area contributed by atoms with Crippen LogP contribution in [0.4, 0.5) is 18.7 Å². The van der Waals surface area contributed by atoms with Gasteiger partial charge < -0.3 is 17.6 Å². The van der Waals surface area contributed by atoms with Gasteiger partial charge in [-0.25, -0.2) is 4.39 Å². The molecule has 0 radical (unpaired) electrons. The fraction of sp³-hybridized carbons (Fsp3) is 0. The lowest BCUT2D eigenvalue weighted by molar-refractivity contribution is -0.385. The third-order valence-electron chi connectivity index (χ3n) is 4.30. The SMILES string of the molecule is O=[N+]([O-])c1cc(F)ccc1C1=C2C=CC(Br)=[N+]2[B-](F)(F)n2c(Br)ccc21. The Morgan fingerprint density at radius 3 is 2.58 bits per heavy atom. The number of nitro benzene ring substituents is 1. The quantitative estimate of drug-likeness (QED) is 0.350. The number of fused-ring (bicyclic) bond motifs is 2. The van der Waals surface area contributed by atoms with Gasteiger partial charge in [0.25, 0.3) is 5.69 Å². The minimum Gasteiger partial charge on any atom is -0.389 e. The van der Waals surface area contributed by atoms with E-state index in [-0.39, 0.29) is 31.8 Å². The largest absolute Gasteiger partial charge is 0.738 e. The van der Waals surface area contributed by atoms with Crippen LogP contribution in [-0.2, 0) is 0 Å². The molecule has 4 rings (SSSR count). The fourth-order valence-electron chi connectivity index (χ4n) is 3.28. The van der Waals surface area contributed by atoms with Gasteiger partial charge in [-0.1, -0.05) is 0 Å². The number of allylic oxidation sites excluding steroid dienone is 2. The van der Waals surface area contributed by atoms with Gasteiger partial charge in [-0.15, -0.1) is 0 Å². The zero-order chi connectivity index (χ0) is 18.8. The molecule has 1 aromatic heterocycles. The molecule has 11 heteroatoms. The van der Waals surface area contributed by atoms with Gasteiger partial charge in [-0.2, -0.15) is 0 Å². The van der Waals surface area contributed by atoms with E-state index in [1.807, 2.05) is 0 Å². The summed E-state index contributed by atoms with van der Waals surface area (Å²) in [5.74, 6) is -0.778. The Labute approximate surface area is 161 Å². The molecule has 132 valence electrons. The Morgan fingerprint density at radius 1 is 1.15 bits per heavy atom. The van der Waals surface area contributed by atoms with Gasteiger partial charge in [-0.05, 0) is 40.2 Å². The highest BCUT2D eigenvalue weighted by Crippen LogP contribution is 2.44. The molecule has 2 aliphatic heterocycles. The summed E-state index contributed by atoms with van der Waals surface area (Å²) in [4.78, 5) is 10.7. The first-order chi connectivity index (χ1) is 12.2. The Kier molecular flexibility index (Phi) is 3.78. The molecular formula is C15H7BBr2F3N3O2. The third kappa shape index (κ3) is 2.26. The van der Waals surface area contributed by atoms with Crippen LogP contribution in [0.15, 0.2) is 52.8 Å². The lowest BCUT2D eigenvalue weighted by Gasteiger charge is -2.31. The van der Waals surface area contributed by atoms with Crippen LogP contribution in [0.3, 0.4) is 0 Å². The Balaban J connectivity index is 2.14. The van der Waals surface area contributed by atoms with Crippen molar-refractivity contribution >= 4 is 54.7 Å². The molecule has 2 aliphatic rings. The molecule has 2 aromatic rings. The van der Waals surface area contributed by atoms with Gasteiger partial charge in [-0.3, -0.25) is 10.1 Å². The first kappa shape index (κ1) is 17.3. The Bertz CT molecular complexity index is 1090. The van der Waals surface area contributed by atoms with Crippen LogP contribution in [-0.4, -0.2) is 25.5 Å². The van der Waals surface area contributed by atoms with Crippen LogP contribution in [0.25, 0.3) is 5.57 Å². The first-order valence-electron chi connectivity index (χ1n) is 7.31. The van der Waals surface area contributed by atoms with Gasteiger partial charge in [0.1, 0.15) is 5.82 Å². The summed E-state index contributed by atoms with van der Waals surface area (Å²) in [5, 5.41) is 11.4. The summed E-state index contributed by atoms with van der Waals surface area (Å²) >= 11 is 6.23. The van der Waals surface area contributed by atoms with Crippen LogP contribution < -0.4 is 0 Å². The van der Waals surface area contributed by atoms with Gasteiger partial charge in [0.2, 0.25) is 4.62 Å². The smallest absolute Gasteiger partial charge is 0.389 e. The molecule has 0 amide bonds. The lowest BCUT2D eigenvalue weighted by atomic mass is 9.86. The van der Waals surface area contributed by atoms with Gasteiger partial charge in [0.15, 0.2) is 5.70 Å². The number of benzene rings is 1. The number of hydrogen-bond acceptors (Lipinski definition) is 2. The summed E-state index contributed by atoms with van der Waals surface area (Å²) in [5.41, 5.74) is -0.00266. The topological polar surface area (TPSA) is 51.1 Å². The highest BCUT2D eigenvalue weighted by atomic mass is 79.9. The molecule has 0 bridgehead atoms. The zero-order valence-electron chi connectivity index (χ0n) is 12.7. The van der Waals surface area contributed by atoms with Crippen LogP contribution in [0.2, 0.25) is 0 Å². The molecule has 0 fully saturated rings. The second kappa shape index (κ2) is 5.68. The van der Waals surface area contributed by atoms with Crippen molar-refractivity contribution in [3.8, 4) is 0 Å². The molecule has 5 nitrogen and oxygen atoms in total. The highest BCUT2D eigenvalue weighted by Gasteiger charge is 2.54. The Morgan fingerprint density at radius 2 is 1.88 bits per heavy atom. The van der Waals surface area contributed by atoms with Crippen molar-refractivity contribution < 1.29 is 22.4 Å². The van der Waals surface area contributed by atoms with Crippen molar-refractivity contribution in [3.05, 3.63) is 80.0 Å². The summed E-state index contributed by atoms with van der Waals surface area (Å²) in [6, 6.07) is 5.98. The van der Waals surface area contributed by atoms with Gasteiger partial charge >= 0.3 is 6.97 Å². The Hall–Kier alpha value is -2.14. The molecule has 0 aliphatic carbocycles. The second-order valence-corrected chi connectivity index (χ2v) is 7.33. The second-order valence-electron chi connectivity index (χ2n) is 5.70. The number of rotatable bonds is 2. The molecule has 0 atom stereocenters. The highest BCUT2D eigenvalue weighted by molar-refractivity contribution is 9.18. The van der Waals surface area contributed by atoms with Gasteiger partial charge in [0.05, 0.1) is 26.7 Å². The average molecular weight is 489 g/mol. The average Bonchev–Trinajstić information content (AvgIpc) is 3.13. The lowest BCUT2D eigenvalue weighted by Crippen LogP contribution is -2.50. The molecule has 0 spiro atoms. The summed E-state index contributed by atoms with van der Waals surface area (Å²) in [7, 11) is 0. The third-order valence-corrected chi connectivity index (χ3v) is 5.59. The predicted molar refractivity (Wildman–Crippen MR) is 97.9 cm³/mol. The van der Waals surface area contributed by atoms with E-state index in [4.69, 9.17) is 0 Å². The van der Waals surface area contributed by atoms with E-state index >= 15 is 8.63 Å². The maximum Gasteiger partial charge on any atom is 0.738 e. The van der Waals surface area contributed by atoms with Crippen molar-refractivity contribution in [2.75, 3.05) is 0 Å². The monoisotopic (exact) mass is 487 g/mol. The van der Waals surface area contributed by atoms with Crippen molar-refractivity contribution in [1.29, 1.82) is 0 Å². The van der Waals surface area contributed by atoms with Crippen LogP contribution >= 0.6 is 31.9 Å². The van der Waals surface area contributed by atoms with Crippen molar-refractivity contribution in [3.63, 3.8) is 0 Å². The van der Waals surface area contributed by atoms with E-state index < -0.39 is 23.4 Å². The predicted octanol–water partition coefficient (Wildman–Crippen LogP) is 4.67. The van der Waals surface area contributed by atoms with Crippen molar-refractivity contribution in [1.82, 2.24) is 4.48 Å². The number of nitro groups is 1. The number of aromatic nitrogens is 1. The van der Waals surface area contributed by atoms with E-state index in [9.17, 15) is 14.5 Å². The fourth-order valence-corrected chi connectivity index (χ4v) is 4.41. The van der Waals surface area contributed by atoms with Crippen LogP contribution in [0, 0.1) is 15.9 Å². The van der Waals surface area contributed by atoms with E-state index in [1.54, 1.807) is 0 Å². The molecule has 0 unspecified atom stereocenters. The van der Waals surface area contributed by atoms with Crippen molar-refractivity contribution in [2.45, 2.75) is 0 Å². The molecule has 1 aromatic carbocycles. The number of halogens is 5. The van der Waals surface area contributed by atoms with E-state index in [1.165, 1.54) is 30.4 Å². The van der Waals surface area contributed by atoms with E-state index in [0.717, 1.165) is 21.1 Å². The summed E-state index contributed by atoms with van der Waals surface area (Å²) in [6.45, 7) is -4.23. The standard InChI is InChI=1S/C15H7BBr2F3N3O2/c17-13-5-3-10-15(9-2-1-8(19)7-12(9)24(25)26)11-4-6-14(18)23(11)16(20,21)22(10)13/h1-7H. The minimum absolute atomic E-state index is 0.0569. The number of hydrogen-bond donors (Lipinski definition) is 0. The summed E-state index contributed by atoms with van der Waals surface area (Å²) in [6.07, 6.45) is 2.90. The maximum atomic E-state index is 15.1. The molecule has 26 heavy (non-hydrogen) atoms. The first-order valence-corrected chi connectivity index (χ1v) is 8.90. The van der Waals surface area contributed by atoms with E-state index in [0.29, 0.717) is 0 Å².